The van der Waals surface area contributed by atoms with Crippen LogP contribution in [0.3, 0.4) is 0 Å². The van der Waals surface area contributed by atoms with Crippen molar-refractivity contribution < 1.29 is 5.11 Å². The molecule has 0 saturated heterocycles. The molecule has 5 heteroatoms. The highest BCUT2D eigenvalue weighted by Gasteiger charge is 2.30. The van der Waals surface area contributed by atoms with E-state index < -0.39 is 0 Å². The third-order valence-corrected chi connectivity index (χ3v) is 18.9. The molecule has 0 aromatic heterocycles. The molecule has 0 fully saturated rings. The van der Waals surface area contributed by atoms with Crippen LogP contribution in [0.15, 0.2) is 377 Å². The van der Waals surface area contributed by atoms with Gasteiger partial charge in [-0.2, -0.15) is 0 Å². The number of aromatic hydroxyl groups is 1. The summed E-state index contributed by atoms with van der Waals surface area (Å²) in [6, 6.07) is 114. The molecule has 1 nitrogen and oxygen atoms in total. The van der Waals surface area contributed by atoms with Gasteiger partial charge in [0.25, 0.3) is 0 Å². The van der Waals surface area contributed by atoms with E-state index in [4.69, 9.17) is 5.11 Å². The Morgan fingerprint density at radius 3 is 0.630 bits per heavy atom. The lowest BCUT2D eigenvalue weighted by atomic mass is 10.2. The quantitative estimate of drug-likeness (QED) is 0.0917. The van der Waals surface area contributed by atoms with E-state index in [9.17, 15) is 0 Å². The molecule has 0 saturated carbocycles. The van der Waals surface area contributed by atoms with Crippen molar-refractivity contribution in [3.8, 4) is 5.75 Å². The Morgan fingerprint density at radius 2 is 0.425 bits per heavy atom. The monoisotopic (exact) mass is 1020 g/mol. The molecule has 11 rings (SSSR count). The van der Waals surface area contributed by atoms with Gasteiger partial charge in [0.15, 0.2) is 44.1 Å². The van der Waals surface area contributed by atoms with E-state index in [1.165, 1.54) is 54.5 Å². The highest BCUT2D eigenvalue weighted by Crippen LogP contribution is 2.33. The number of thioether (sulfide) groups is 1. The summed E-state index contributed by atoms with van der Waals surface area (Å²) in [7, 11) is -0.0439. The molecule has 1 N–H and O–H groups in total. The van der Waals surface area contributed by atoms with Crippen LogP contribution in [0.25, 0.3) is 0 Å². The van der Waals surface area contributed by atoms with E-state index in [1.807, 2.05) is 30.0 Å². The normalized spacial score (nSPS) is 10.5. The summed E-state index contributed by atoms with van der Waals surface area (Å²) in [5.74, 6) is 1.39. The van der Waals surface area contributed by atoms with Crippen molar-refractivity contribution in [2.24, 2.45) is 0 Å². The minimum absolute atomic E-state index is 0.0146. The fourth-order valence-corrected chi connectivity index (χ4v) is 14.9. The van der Waals surface area contributed by atoms with Gasteiger partial charge in [-0.3, -0.25) is 0 Å². The van der Waals surface area contributed by atoms with E-state index in [1.54, 1.807) is 12.1 Å². The van der Waals surface area contributed by atoms with Gasteiger partial charge in [0.1, 0.15) is 5.75 Å². The zero-order chi connectivity index (χ0) is 50.0. The summed E-state index contributed by atoms with van der Waals surface area (Å²) in [6.07, 6.45) is 1.08. The molecule has 73 heavy (non-hydrogen) atoms. The number of hydrogen-bond acceptors (Lipinski definition) is 2. The first-order chi connectivity index (χ1) is 36.2. The Bertz CT molecular complexity index is 2590. The van der Waals surface area contributed by atoms with Gasteiger partial charge in [-0.25, -0.2) is 0 Å². The average molecular weight is 1020 g/mol. The van der Waals surface area contributed by atoms with Crippen molar-refractivity contribution in [1.29, 1.82) is 0 Å². The molecule has 0 aliphatic carbocycles. The van der Waals surface area contributed by atoms with E-state index in [2.05, 4.69) is 297 Å². The van der Waals surface area contributed by atoms with Crippen molar-refractivity contribution in [2.75, 3.05) is 5.75 Å². The van der Waals surface area contributed by atoms with Crippen LogP contribution in [0.1, 0.15) is 5.56 Å². The Balaban J connectivity index is 0.000000130. The molecule has 0 unspecified atom stereocenters. The second-order valence-corrected chi connectivity index (χ2v) is 23.6. The van der Waals surface area contributed by atoms with Gasteiger partial charge in [0.2, 0.25) is 0 Å². The molecule has 0 amide bonds. The third kappa shape index (κ3) is 16.3. The summed E-state index contributed by atoms with van der Waals surface area (Å²) in [6.45, 7) is 0. The fourth-order valence-electron chi connectivity index (χ4n) is 7.71. The molecule has 11 aromatic rings. The molecule has 0 aliphatic heterocycles. The van der Waals surface area contributed by atoms with Crippen LogP contribution in [0.2, 0.25) is 0 Å². The first-order valence-electron chi connectivity index (χ1n) is 24.3. The SMILES string of the molecule is Oc1ccc(SCCc2ccccc2)cc1.c1ccc([S+](c2ccccc2)c2ccccc2)cc1.c1ccc([S+](c2ccccc2)c2ccccc2)cc1.c1ccc([S+](c2ccccc2)c2ccccc2)cc1. The van der Waals surface area contributed by atoms with E-state index in [0.29, 0.717) is 5.75 Å². The largest absolute Gasteiger partial charge is 0.508 e. The molecular weight excluding hydrogens is 961 g/mol. The molecule has 0 heterocycles. The lowest BCUT2D eigenvalue weighted by Crippen LogP contribution is -2.04. The Morgan fingerprint density at radius 1 is 0.233 bits per heavy atom. The highest BCUT2D eigenvalue weighted by molar-refractivity contribution is 7.99. The summed E-state index contributed by atoms with van der Waals surface area (Å²) in [5.41, 5.74) is 1.37. The fraction of sp³-hybridized carbons (Fsp3) is 0.0294. The van der Waals surface area contributed by atoms with E-state index in [0.717, 1.165) is 12.2 Å². The predicted molar refractivity (Wildman–Crippen MR) is 313 cm³/mol. The number of benzene rings is 11. The van der Waals surface area contributed by atoms with Gasteiger partial charge in [-0.15, -0.1) is 11.8 Å². The summed E-state index contributed by atoms with van der Waals surface area (Å²) in [5, 5.41) is 9.15. The van der Waals surface area contributed by atoms with Crippen LogP contribution >= 0.6 is 11.8 Å². The van der Waals surface area contributed by atoms with Gasteiger partial charge in [0.05, 0.1) is 32.7 Å². The van der Waals surface area contributed by atoms with Crippen LogP contribution in [0, 0.1) is 0 Å². The molecule has 0 bridgehead atoms. The predicted octanol–water partition coefficient (Wildman–Crippen LogP) is 18.1. The van der Waals surface area contributed by atoms with Gasteiger partial charge in [0, 0.05) is 10.6 Å². The zero-order valence-electron chi connectivity index (χ0n) is 40.7. The van der Waals surface area contributed by atoms with Crippen LogP contribution in [0.4, 0.5) is 0 Å². The Kier molecular flexibility index (Phi) is 20.8. The molecule has 0 spiro atoms. The van der Waals surface area contributed by atoms with Crippen LogP contribution in [-0.4, -0.2) is 10.9 Å². The Labute approximate surface area is 446 Å². The lowest BCUT2D eigenvalue weighted by molar-refractivity contribution is 0.475. The number of phenolic OH excluding ortho intramolecular Hbond substituents is 1. The maximum Gasteiger partial charge on any atom is 0.166 e. The molecule has 11 aromatic carbocycles. The Hall–Kier alpha value is -7.38. The summed E-state index contributed by atoms with van der Waals surface area (Å²) in [4.78, 5) is 13.5. The van der Waals surface area contributed by atoms with Crippen molar-refractivity contribution in [1.82, 2.24) is 0 Å². The van der Waals surface area contributed by atoms with Crippen molar-refractivity contribution in [3.63, 3.8) is 0 Å². The maximum atomic E-state index is 9.15. The second kappa shape index (κ2) is 29.2. The molecule has 0 radical (unpaired) electrons. The topological polar surface area (TPSA) is 20.2 Å². The number of rotatable bonds is 13. The van der Waals surface area contributed by atoms with Crippen LogP contribution in [0.5, 0.6) is 5.75 Å². The average Bonchev–Trinajstić information content (AvgIpc) is 3.47. The first kappa shape index (κ1) is 52.0. The lowest BCUT2D eigenvalue weighted by Gasteiger charge is -2.07. The summed E-state index contributed by atoms with van der Waals surface area (Å²) < 4.78 is 0. The van der Waals surface area contributed by atoms with Gasteiger partial charge in [-0.05, 0) is 145 Å². The van der Waals surface area contributed by atoms with Gasteiger partial charge < -0.3 is 5.11 Å². The molecular formula is C68H59OS4+3. The molecule has 0 aliphatic rings. The van der Waals surface area contributed by atoms with Crippen LogP contribution < -0.4 is 0 Å². The van der Waals surface area contributed by atoms with E-state index >= 15 is 0 Å². The van der Waals surface area contributed by atoms with Crippen molar-refractivity contribution in [3.05, 3.63) is 333 Å². The standard InChI is InChI=1S/3C18H15S.C14H14OS/c3*1-4-10-16(11-5-1)19(17-12-6-2-7-13-17)18-14-8-3-9-15-18;15-13-6-8-14(9-7-13)16-11-10-12-4-2-1-3-5-12/h3*1-15H;1-9,15H,10-11H2/q3*+1;. The minimum Gasteiger partial charge on any atom is -0.508 e. The number of hydrogen-bond donors (Lipinski definition) is 1. The summed E-state index contributed by atoms with van der Waals surface area (Å²) >= 11 is 1.81. The van der Waals surface area contributed by atoms with Crippen molar-refractivity contribution in [2.45, 2.75) is 55.4 Å². The van der Waals surface area contributed by atoms with Gasteiger partial charge in [-0.1, -0.05) is 194 Å². The third-order valence-electron chi connectivity index (χ3n) is 11.1. The zero-order valence-corrected chi connectivity index (χ0v) is 43.9. The number of phenols is 1. The number of aryl methyl sites for hydroxylation is 1. The van der Waals surface area contributed by atoms with Crippen molar-refractivity contribution >= 4 is 44.4 Å². The maximum absolute atomic E-state index is 9.15. The van der Waals surface area contributed by atoms with Crippen LogP contribution in [-0.2, 0) is 39.1 Å². The smallest absolute Gasteiger partial charge is 0.166 e. The highest BCUT2D eigenvalue weighted by atomic mass is 32.2. The van der Waals surface area contributed by atoms with E-state index in [-0.39, 0.29) is 32.7 Å². The minimum atomic E-state index is -0.0146. The second-order valence-electron chi connectivity index (χ2n) is 16.3. The molecule has 0 atom stereocenters. The molecule has 358 valence electrons. The van der Waals surface area contributed by atoms with Gasteiger partial charge >= 0.3 is 0 Å². The first-order valence-corrected chi connectivity index (χ1v) is 29.0.